The van der Waals surface area contributed by atoms with Crippen LogP contribution in [0.1, 0.15) is 34.7 Å². The molecule has 2 rings (SSSR count). The number of alkyl halides is 2. The molecule has 0 bridgehead atoms. The second-order valence-electron chi connectivity index (χ2n) is 4.99. The highest BCUT2D eigenvalue weighted by Crippen LogP contribution is 2.30. The molecule has 0 aliphatic carbocycles. The van der Waals surface area contributed by atoms with Crippen molar-refractivity contribution in [3.05, 3.63) is 71.8 Å². The Labute approximate surface area is 142 Å². The molecule has 0 aromatic heterocycles. The zero-order valence-electron chi connectivity index (χ0n) is 11.7. The third-order valence-corrected chi connectivity index (χ3v) is 4.20. The van der Waals surface area contributed by atoms with Gasteiger partial charge in [0.1, 0.15) is 0 Å². The summed E-state index contributed by atoms with van der Waals surface area (Å²) in [5.41, 5.74) is 8.40. The molecule has 2 N–H and O–H groups in total. The van der Waals surface area contributed by atoms with Crippen LogP contribution in [0.5, 0.6) is 0 Å². The van der Waals surface area contributed by atoms with Gasteiger partial charge in [-0.2, -0.15) is 0 Å². The smallest absolute Gasteiger partial charge is 0.0600 e. The summed E-state index contributed by atoms with van der Waals surface area (Å²) in [6.07, 6.45) is 1.45. The molecule has 2 aromatic rings. The van der Waals surface area contributed by atoms with Gasteiger partial charge >= 0.3 is 0 Å². The van der Waals surface area contributed by atoms with Crippen molar-refractivity contribution in [1.82, 2.24) is 0 Å². The van der Waals surface area contributed by atoms with Crippen molar-refractivity contribution in [2.45, 2.75) is 29.6 Å². The van der Waals surface area contributed by atoms with Crippen LogP contribution in [0.2, 0.25) is 0 Å². The number of nitrogens with two attached hydrogens (primary N) is 1. The van der Waals surface area contributed by atoms with E-state index in [-0.39, 0.29) is 29.2 Å². The summed E-state index contributed by atoms with van der Waals surface area (Å²) < 4.78 is 0. The Kier molecular flexibility index (Phi) is 8.13. The Morgan fingerprint density at radius 1 is 0.714 bits per heavy atom. The van der Waals surface area contributed by atoms with Crippen LogP contribution in [-0.2, 0) is 0 Å². The molecule has 2 aromatic carbocycles. The lowest BCUT2D eigenvalue weighted by molar-refractivity contribution is 0.552. The van der Waals surface area contributed by atoms with Gasteiger partial charge in [-0.05, 0) is 24.0 Å². The molecule has 4 heteroatoms. The van der Waals surface area contributed by atoms with E-state index in [4.69, 9.17) is 28.9 Å². The molecule has 0 saturated carbocycles. The Bertz CT molecular complexity index is 456. The van der Waals surface area contributed by atoms with Crippen molar-refractivity contribution in [3.8, 4) is 0 Å². The van der Waals surface area contributed by atoms with Crippen molar-refractivity contribution in [2.75, 3.05) is 0 Å². The van der Waals surface area contributed by atoms with E-state index >= 15 is 0 Å². The third kappa shape index (κ3) is 5.88. The first kappa shape index (κ1) is 18.3. The van der Waals surface area contributed by atoms with Crippen molar-refractivity contribution in [2.24, 2.45) is 5.73 Å². The van der Waals surface area contributed by atoms with Crippen LogP contribution < -0.4 is 5.73 Å². The maximum Gasteiger partial charge on any atom is 0.0600 e. The number of rotatable bonds is 6. The largest absolute Gasteiger partial charge is 0.328 e. The molecule has 0 aliphatic heterocycles. The Hall–Kier alpha value is -0.730. The fraction of sp³-hybridized carbons (Fsp3) is 0.294. The van der Waals surface area contributed by atoms with Crippen molar-refractivity contribution in [3.63, 3.8) is 0 Å². The van der Waals surface area contributed by atoms with Gasteiger partial charge in [0.25, 0.3) is 0 Å². The summed E-state index contributed by atoms with van der Waals surface area (Å²) in [6, 6.07) is 20.0. The Morgan fingerprint density at radius 3 is 1.38 bits per heavy atom. The summed E-state index contributed by atoms with van der Waals surface area (Å²) in [5, 5.41) is -0.128. The summed E-state index contributed by atoms with van der Waals surface area (Å²) in [7, 11) is 0. The molecule has 0 spiro atoms. The second kappa shape index (κ2) is 9.32. The molecule has 0 fully saturated rings. The van der Waals surface area contributed by atoms with Gasteiger partial charge in [0, 0.05) is 6.04 Å². The standard InChI is InChI=1S/C17H19Cl2N.ClH/c18-16(13-7-3-1-4-8-13)11-15(20)12-17(19)14-9-5-2-6-10-14;/h1-10,15-17H,11-12,20H2;1H. The molecule has 2 atom stereocenters. The lowest BCUT2D eigenvalue weighted by Crippen LogP contribution is -2.23. The normalized spacial score (nSPS) is 14.8. The Balaban J connectivity index is 0.00000220. The van der Waals surface area contributed by atoms with E-state index in [0.717, 1.165) is 24.0 Å². The first-order valence-electron chi connectivity index (χ1n) is 6.80. The summed E-state index contributed by atoms with van der Waals surface area (Å²) in [5.74, 6) is 0. The van der Waals surface area contributed by atoms with Crippen molar-refractivity contribution in [1.29, 1.82) is 0 Å². The van der Waals surface area contributed by atoms with Gasteiger partial charge in [-0.15, -0.1) is 35.6 Å². The minimum absolute atomic E-state index is 0. The average molecular weight is 345 g/mol. The summed E-state index contributed by atoms with van der Waals surface area (Å²) >= 11 is 12.8. The number of hydrogen-bond donors (Lipinski definition) is 1. The maximum atomic E-state index is 6.41. The third-order valence-electron chi connectivity index (χ3n) is 3.34. The highest BCUT2D eigenvalue weighted by atomic mass is 35.5. The SMILES string of the molecule is Cl.NC(CC(Cl)c1ccccc1)CC(Cl)c1ccccc1. The quantitative estimate of drug-likeness (QED) is 0.690. The molecule has 0 aliphatic rings. The second-order valence-corrected chi connectivity index (χ2v) is 6.04. The number of halogens is 3. The van der Waals surface area contributed by atoms with E-state index in [2.05, 4.69) is 0 Å². The topological polar surface area (TPSA) is 26.0 Å². The van der Waals surface area contributed by atoms with Gasteiger partial charge in [-0.25, -0.2) is 0 Å². The van der Waals surface area contributed by atoms with Crippen LogP contribution in [0.4, 0.5) is 0 Å². The van der Waals surface area contributed by atoms with Crippen LogP contribution in [0.15, 0.2) is 60.7 Å². The molecule has 0 amide bonds. The van der Waals surface area contributed by atoms with Crippen LogP contribution >= 0.6 is 35.6 Å². The minimum Gasteiger partial charge on any atom is -0.328 e. The van der Waals surface area contributed by atoms with Gasteiger partial charge in [0.05, 0.1) is 10.8 Å². The van der Waals surface area contributed by atoms with Crippen molar-refractivity contribution < 1.29 is 0 Å². The molecular weight excluding hydrogens is 325 g/mol. The van der Waals surface area contributed by atoms with Crippen LogP contribution in [0.25, 0.3) is 0 Å². The molecule has 2 unspecified atom stereocenters. The Morgan fingerprint density at radius 2 is 1.05 bits per heavy atom. The van der Waals surface area contributed by atoms with Crippen LogP contribution in [0, 0.1) is 0 Å². The van der Waals surface area contributed by atoms with E-state index in [1.54, 1.807) is 0 Å². The van der Waals surface area contributed by atoms with Gasteiger partial charge in [0.15, 0.2) is 0 Å². The monoisotopic (exact) mass is 343 g/mol. The minimum atomic E-state index is -0.0640. The van der Waals surface area contributed by atoms with E-state index in [1.807, 2.05) is 60.7 Å². The average Bonchev–Trinajstić information content (AvgIpc) is 2.49. The summed E-state index contributed by atoms with van der Waals surface area (Å²) in [4.78, 5) is 0. The van der Waals surface area contributed by atoms with Crippen LogP contribution in [0.3, 0.4) is 0 Å². The lowest BCUT2D eigenvalue weighted by Gasteiger charge is -2.19. The highest BCUT2D eigenvalue weighted by molar-refractivity contribution is 6.21. The van der Waals surface area contributed by atoms with Gasteiger partial charge in [-0.1, -0.05) is 60.7 Å². The van der Waals surface area contributed by atoms with Gasteiger partial charge in [-0.3, -0.25) is 0 Å². The first-order valence-corrected chi connectivity index (χ1v) is 7.67. The molecule has 114 valence electrons. The van der Waals surface area contributed by atoms with Gasteiger partial charge < -0.3 is 5.73 Å². The number of hydrogen-bond acceptors (Lipinski definition) is 1. The molecular formula is C17H20Cl3N. The zero-order chi connectivity index (χ0) is 14.4. The molecule has 0 saturated heterocycles. The lowest BCUT2D eigenvalue weighted by atomic mass is 9.99. The zero-order valence-corrected chi connectivity index (χ0v) is 14.0. The van der Waals surface area contributed by atoms with E-state index in [9.17, 15) is 0 Å². The van der Waals surface area contributed by atoms with Gasteiger partial charge in [0.2, 0.25) is 0 Å². The fourth-order valence-electron chi connectivity index (χ4n) is 2.22. The van der Waals surface area contributed by atoms with E-state index in [0.29, 0.717) is 0 Å². The highest BCUT2D eigenvalue weighted by Gasteiger charge is 2.17. The van der Waals surface area contributed by atoms with Crippen LogP contribution in [-0.4, -0.2) is 6.04 Å². The summed E-state index contributed by atoms with van der Waals surface area (Å²) in [6.45, 7) is 0. The van der Waals surface area contributed by atoms with E-state index in [1.165, 1.54) is 0 Å². The predicted molar refractivity (Wildman–Crippen MR) is 94.5 cm³/mol. The predicted octanol–water partition coefficient (Wildman–Crippen LogP) is 5.48. The molecule has 1 nitrogen and oxygen atoms in total. The first-order chi connectivity index (χ1) is 9.66. The maximum absolute atomic E-state index is 6.41. The molecule has 0 radical (unpaired) electrons. The number of benzene rings is 2. The molecule has 21 heavy (non-hydrogen) atoms. The molecule has 0 heterocycles. The fourth-order valence-corrected chi connectivity index (χ4v) is 2.97. The van der Waals surface area contributed by atoms with Crippen molar-refractivity contribution >= 4 is 35.6 Å². The van der Waals surface area contributed by atoms with E-state index < -0.39 is 0 Å².